The fourth-order valence-corrected chi connectivity index (χ4v) is 2.05. The molecule has 0 unspecified atom stereocenters. The first-order valence-corrected chi connectivity index (χ1v) is 5.55. The molecule has 0 aliphatic carbocycles. The second kappa shape index (κ2) is 4.42. The standard InChI is InChI=1S/C15H15NO/c1-11(2)16(12(3)17)15-10-6-8-13-7-4-5-9-14(13)15/h4-10H,1H2,2-3H3. The number of benzene rings is 2. The molecule has 1 amide bonds. The van der Waals surface area contributed by atoms with Gasteiger partial charge in [0.15, 0.2) is 0 Å². The third-order valence-corrected chi connectivity index (χ3v) is 2.70. The van der Waals surface area contributed by atoms with E-state index in [4.69, 9.17) is 0 Å². The summed E-state index contributed by atoms with van der Waals surface area (Å²) >= 11 is 0. The minimum Gasteiger partial charge on any atom is -0.285 e. The number of amides is 1. The average molecular weight is 225 g/mol. The summed E-state index contributed by atoms with van der Waals surface area (Å²) in [6, 6.07) is 14.0. The highest BCUT2D eigenvalue weighted by molar-refractivity contribution is 6.04. The van der Waals surface area contributed by atoms with Gasteiger partial charge in [0.25, 0.3) is 0 Å². The van der Waals surface area contributed by atoms with Crippen molar-refractivity contribution < 1.29 is 4.79 Å². The maximum atomic E-state index is 11.7. The normalized spacial score (nSPS) is 10.2. The summed E-state index contributed by atoms with van der Waals surface area (Å²) in [4.78, 5) is 13.3. The highest BCUT2D eigenvalue weighted by Crippen LogP contribution is 2.28. The minimum atomic E-state index is -0.0196. The molecule has 0 aliphatic heterocycles. The molecule has 0 fully saturated rings. The fraction of sp³-hybridized carbons (Fsp3) is 0.133. The van der Waals surface area contributed by atoms with E-state index in [1.165, 1.54) is 0 Å². The number of carbonyl (C=O) groups excluding carboxylic acids is 1. The summed E-state index contributed by atoms with van der Waals surface area (Å²) in [6.07, 6.45) is 0. The smallest absolute Gasteiger partial charge is 0.228 e. The van der Waals surface area contributed by atoms with E-state index in [0.717, 1.165) is 22.2 Å². The Kier molecular flexibility index (Phi) is 2.96. The van der Waals surface area contributed by atoms with Crippen LogP contribution in [0.1, 0.15) is 13.8 Å². The van der Waals surface area contributed by atoms with Crippen LogP contribution in [0, 0.1) is 0 Å². The van der Waals surface area contributed by atoms with Crippen molar-refractivity contribution in [3.8, 4) is 0 Å². The van der Waals surface area contributed by atoms with Crippen molar-refractivity contribution in [3.63, 3.8) is 0 Å². The topological polar surface area (TPSA) is 20.3 Å². The van der Waals surface area contributed by atoms with Gasteiger partial charge in [-0.1, -0.05) is 43.0 Å². The van der Waals surface area contributed by atoms with Crippen molar-refractivity contribution in [3.05, 3.63) is 54.7 Å². The summed E-state index contributed by atoms with van der Waals surface area (Å²) in [6.45, 7) is 7.25. The number of hydrogen-bond donors (Lipinski definition) is 0. The van der Waals surface area contributed by atoms with Crippen LogP contribution in [0.2, 0.25) is 0 Å². The molecule has 2 nitrogen and oxygen atoms in total. The zero-order valence-electron chi connectivity index (χ0n) is 10.1. The molecule has 0 aromatic heterocycles. The van der Waals surface area contributed by atoms with E-state index in [1.54, 1.807) is 11.8 Å². The van der Waals surface area contributed by atoms with Crippen LogP contribution < -0.4 is 4.90 Å². The van der Waals surface area contributed by atoms with Gasteiger partial charge in [0.05, 0.1) is 5.69 Å². The Morgan fingerprint density at radius 1 is 1.06 bits per heavy atom. The van der Waals surface area contributed by atoms with E-state index in [-0.39, 0.29) is 5.91 Å². The highest BCUT2D eigenvalue weighted by atomic mass is 16.2. The van der Waals surface area contributed by atoms with E-state index >= 15 is 0 Å². The molecule has 86 valence electrons. The fourth-order valence-electron chi connectivity index (χ4n) is 2.05. The molecule has 0 N–H and O–H groups in total. The maximum Gasteiger partial charge on any atom is 0.228 e. The third kappa shape index (κ3) is 2.07. The van der Waals surface area contributed by atoms with Crippen molar-refractivity contribution in [1.29, 1.82) is 0 Å². The first-order chi connectivity index (χ1) is 8.11. The van der Waals surface area contributed by atoms with Crippen LogP contribution in [0.5, 0.6) is 0 Å². The Morgan fingerprint density at radius 3 is 2.35 bits per heavy atom. The second-order valence-corrected chi connectivity index (χ2v) is 4.09. The number of fused-ring (bicyclic) bond motifs is 1. The van der Waals surface area contributed by atoms with Gasteiger partial charge < -0.3 is 0 Å². The van der Waals surface area contributed by atoms with E-state index in [0.29, 0.717) is 0 Å². The zero-order chi connectivity index (χ0) is 12.4. The number of hydrogen-bond acceptors (Lipinski definition) is 1. The van der Waals surface area contributed by atoms with Gasteiger partial charge in [-0.25, -0.2) is 0 Å². The quantitative estimate of drug-likeness (QED) is 0.762. The van der Waals surface area contributed by atoms with Crippen molar-refractivity contribution >= 4 is 22.4 Å². The van der Waals surface area contributed by atoms with Crippen molar-refractivity contribution in [2.75, 3.05) is 4.90 Å². The average Bonchev–Trinajstić information content (AvgIpc) is 2.28. The van der Waals surface area contributed by atoms with Gasteiger partial charge in [0.1, 0.15) is 0 Å². The maximum absolute atomic E-state index is 11.7. The SMILES string of the molecule is C=C(C)N(C(C)=O)c1cccc2ccccc12. The predicted octanol–water partition coefficient (Wildman–Crippen LogP) is 3.73. The van der Waals surface area contributed by atoms with Crippen LogP contribution in [-0.4, -0.2) is 5.91 Å². The van der Waals surface area contributed by atoms with Gasteiger partial charge in [0, 0.05) is 18.0 Å². The molecular formula is C15H15NO. The Hall–Kier alpha value is -2.09. The molecular weight excluding hydrogens is 210 g/mol. The lowest BCUT2D eigenvalue weighted by atomic mass is 10.1. The molecule has 2 rings (SSSR count). The van der Waals surface area contributed by atoms with Gasteiger partial charge >= 0.3 is 0 Å². The van der Waals surface area contributed by atoms with Gasteiger partial charge in [-0.05, 0) is 18.4 Å². The minimum absolute atomic E-state index is 0.0196. The van der Waals surface area contributed by atoms with E-state index < -0.39 is 0 Å². The molecule has 17 heavy (non-hydrogen) atoms. The van der Waals surface area contributed by atoms with Crippen LogP contribution in [0.25, 0.3) is 10.8 Å². The predicted molar refractivity (Wildman–Crippen MR) is 71.9 cm³/mol. The number of carbonyl (C=O) groups is 1. The molecule has 0 bridgehead atoms. The summed E-state index contributed by atoms with van der Waals surface area (Å²) < 4.78 is 0. The zero-order valence-corrected chi connectivity index (χ0v) is 10.1. The number of anilines is 1. The van der Waals surface area contributed by atoms with Crippen LogP contribution in [0.15, 0.2) is 54.7 Å². The second-order valence-electron chi connectivity index (χ2n) is 4.09. The summed E-state index contributed by atoms with van der Waals surface area (Å²) in [5.74, 6) is -0.0196. The van der Waals surface area contributed by atoms with Gasteiger partial charge in [0.2, 0.25) is 5.91 Å². The molecule has 2 aromatic carbocycles. The van der Waals surface area contributed by atoms with Crippen LogP contribution >= 0.6 is 0 Å². The largest absolute Gasteiger partial charge is 0.285 e. The molecule has 0 atom stereocenters. The Morgan fingerprint density at radius 2 is 1.71 bits per heavy atom. The molecule has 0 aliphatic rings. The molecule has 0 saturated carbocycles. The monoisotopic (exact) mass is 225 g/mol. The molecule has 0 radical (unpaired) electrons. The van der Waals surface area contributed by atoms with E-state index in [2.05, 4.69) is 6.58 Å². The van der Waals surface area contributed by atoms with Crippen molar-refractivity contribution in [2.24, 2.45) is 0 Å². The molecule has 2 aromatic rings. The molecule has 0 spiro atoms. The first kappa shape index (κ1) is 11.4. The molecule has 2 heteroatoms. The molecule has 0 saturated heterocycles. The highest BCUT2D eigenvalue weighted by Gasteiger charge is 2.14. The molecule has 0 heterocycles. The van der Waals surface area contributed by atoms with E-state index in [9.17, 15) is 4.79 Å². The summed E-state index contributed by atoms with van der Waals surface area (Å²) in [5, 5.41) is 2.19. The number of allylic oxidation sites excluding steroid dienone is 1. The van der Waals surface area contributed by atoms with Crippen LogP contribution in [0.3, 0.4) is 0 Å². The third-order valence-electron chi connectivity index (χ3n) is 2.70. The first-order valence-electron chi connectivity index (χ1n) is 5.55. The van der Waals surface area contributed by atoms with Gasteiger partial charge in [-0.2, -0.15) is 0 Å². The number of nitrogens with zero attached hydrogens (tertiary/aromatic N) is 1. The van der Waals surface area contributed by atoms with Crippen molar-refractivity contribution in [2.45, 2.75) is 13.8 Å². The Bertz CT molecular complexity index is 567. The Labute approximate surface area is 101 Å². The van der Waals surface area contributed by atoms with Gasteiger partial charge in [-0.3, -0.25) is 9.69 Å². The number of rotatable bonds is 2. The van der Waals surface area contributed by atoms with E-state index in [1.807, 2.05) is 49.4 Å². The lowest BCUT2D eigenvalue weighted by molar-refractivity contribution is -0.116. The Balaban J connectivity index is 2.69. The lowest BCUT2D eigenvalue weighted by Crippen LogP contribution is -2.25. The summed E-state index contributed by atoms with van der Waals surface area (Å²) in [7, 11) is 0. The van der Waals surface area contributed by atoms with Crippen LogP contribution in [0.4, 0.5) is 5.69 Å². The van der Waals surface area contributed by atoms with Crippen LogP contribution in [-0.2, 0) is 4.79 Å². The van der Waals surface area contributed by atoms with Crippen molar-refractivity contribution in [1.82, 2.24) is 0 Å². The lowest BCUT2D eigenvalue weighted by Gasteiger charge is -2.22. The summed E-state index contributed by atoms with van der Waals surface area (Å²) in [5.41, 5.74) is 1.62. The van der Waals surface area contributed by atoms with Gasteiger partial charge in [-0.15, -0.1) is 0 Å².